The van der Waals surface area contributed by atoms with Crippen LogP contribution in [0.1, 0.15) is 26.2 Å². The largest absolute Gasteiger partial charge is 0.392 e. The highest BCUT2D eigenvalue weighted by molar-refractivity contribution is 7.80. The van der Waals surface area contributed by atoms with Crippen molar-refractivity contribution in [3.05, 3.63) is 0 Å². The van der Waals surface area contributed by atoms with Gasteiger partial charge in [-0.05, 0) is 25.8 Å². The van der Waals surface area contributed by atoms with Crippen LogP contribution in [0.5, 0.6) is 0 Å². The van der Waals surface area contributed by atoms with E-state index in [9.17, 15) is 4.79 Å². The van der Waals surface area contributed by atoms with Crippen molar-refractivity contribution in [3.63, 3.8) is 0 Å². The van der Waals surface area contributed by atoms with Crippen LogP contribution in [0.15, 0.2) is 0 Å². The third-order valence-corrected chi connectivity index (χ3v) is 4.03. The number of carbonyl (C=O) groups is 1. The van der Waals surface area contributed by atoms with Gasteiger partial charge in [-0.2, -0.15) is 0 Å². The van der Waals surface area contributed by atoms with Gasteiger partial charge in [0.25, 0.3) is 0 Å². The van der Waals surface area contributed by atoms with Crippen molar-refractivity contribution in [2.24, 2.45) is 11.7 Å². The van der Waals surface area contributed by atoms with E-state index in [2.05, 4.69) is 17.1 Å². The monoisotopic (exact) mass is 241 g/mol. The van der Waals surface area contributed by atoms with E-state index in [1.165, 1.54) is 0 Å². The van der Waals surface area contributed by atoms with Crippen molar-refractivity contribution in [2.75, 3.05) is 13.1 Å². The number of carbonyl (C=O) groups excluding carboxylic acids is 1. The summed E-state index contributed by atoms with van der Waals surface area (Å²) in [6.07, 6.45) is 2.99. The molecule has 2 aliphatic heterocycles. The van der Waals surface area contributed by atoms with E-state index in [1.54, 1.807) is 0 Å². The Bertz CT molecular complexity index is 308. The minimum atomic E-state index is 0.149. The molecule has 2 fully saturated rings. The lowest BCUT2D eigenvalue weighted by Gasteiger charge is -2.40. The average Bonchev–Trinajstić information content (AvgIpc) is 2.62. The highest BCUT2D eigenvalue weighted by Crippen LogP contribution is 2.29. The van der Waals surface area contributed by atoms with Crippen molar-refractivity contribution in [2.45, 2.75) is 38.3 Å². The average molecular weight is 241 g/mol. The predicted molar refractivity (Wildman–Crippen MR) is 67.1 cm³/mol. The molecule has 3 atom stereocenters. The van der Waals surface area contributed by atoms with E-state index in [0.717, 1.165) is 32.4 Å². The first-order chi connectivity index (χ1) is 7.65. The van der Waals surface area contributed by atoms with Crippen LogP contribution in [0.4, 0.5) is 0 Å². The minimum absolute atomic E-state index is 0.149. The van der Waals surface area contributed by atoms with E-state index in [4.69, 9.17) is 18.0 Å². The maximum atomic E-state index is 11.6. The number of piperidine rings is 1. The fourth-order valence-corrected chi connectivity index (χ4v) is 3.27. The zero-order valence-electron chi connectivity index (χ0n) is 9.61. The fourth-order valence-electron chi connectivity index (χ4n) is 2.97. The Hall–Kier alpha value is -0.680. The summed E-state index contributed by atoms with van der Waals surface area (Å²) in [4.78, 5) is 14.5. The van der Waals surface area contributed by atoms with Gasteiger partial charge in [-0.15, -0.1) is 0 Å². The Kier molecular flexibility index (Phi) is 3.44. The molecule has 0 aliphatic carbocycles. The quantitative estimate of drug-likeness (QED) is 0.696. The van der Waals surface area contributed by atoms with Crippen LogP contribution < -0.4 is 11.1 Å². The molecule has 0 bridgehead atoms. The smallest absolute Gasteiger partial charge is 0.224 e. The highest BCUT2D eigenvalue weighted by Gasteiger charge is 2.43. The Morgan fingerprint density at radius 2 is 2.50 bits per heavy atom. The molecule has 2 heterocycles. The Morgan fingerprint density at radius 3 is 3.12 bits per heavy atom. The third-order valence-electron chi connectivity index (χ3n) is 3.76. The number of nitrogens with one attached hydrogen (secondary N) is 1. The number of hydrogen-bond donors (Lipinski definition) is 2. The van der Waals surface area contributed by atoms with Gasteiger partial charge < -0.3 is 11.1 Å². The molecule has 0 saturated carbocycles. The number of hydrogen-bond acceptors (Lipinski definition) is 3. The van der Waals surface area contributed by atoms with Crippen molar-refractivity contribution >= 4 is 23.1 Å². The molecule has 0 radical (unpaired) electrons. The van der Waals surface area contributed by atoms with Crippen LogP contribution >= 0.6 is 12.2 Å². The van der Waals surface area contributed by atoms with Crippen LogP contribution in [0.25, 0.3) is 0 Å². The molecule has 0 spiro atoms. The van der Waals surface area contributed by atoms with Gasteiger partial charge in [0, 0.05) is 12.6 Å². The first-order valence-electron chi connectivity index (χ1n) is 5.98. The fraction of sp³-hybridized carbons (Fsp3) is 0.818. The molecule has 2 rings (SSSR count). The molecule has 2 aliphatic rings. The van der Waals surface area contributed by atoms with Crippen LogP contribution in [0.3, 0.4) is 0 Å². The molecule has 90 valence electrons. The number of fused-ring (bicyclic) bond motifs is 1. The molecule has 1 amide bonds. The van der Waals surface area contributed by atoms with Gasteiger partial charge in [-0.3, -0.25) is 9.69 Å². The first-order valence-corrected chi connectivity index (χ1v) is 6.38. The molecule has 3 N–H and O–H groups in total. The summed E-state index contributed by atoms with van der Waals surface area (Å²) in [6.45, 7) is 3.85. The van der Waals surface area contributed by atoms with E-state index in [1.807, 2.05) is 0 Å². The molecule has 3 unspecified atom stereocenters. The van der Waals surface area contributed by atoms with Gasteiger partial charge in [-0.25, -0.2) is 0 Å². The molecule has 5 heteroatoms. The van der Waals surface area contributed by atoms with Crippen molar-refractivity contribution < 1.29 is 4.79 Å². The zero-order chi connectivity index (χ0) is 11.7. The molecule has 16 heavy (non-hydrogen) atoms. The second-order valence-electron chi connectivity index (χ2n) is 4.63. The third kappa shape index (κ3) is 1.94. The van der Waals surface area contributed by atoms with Crippen molar-refractivity contribution in [3.8, 4) is 0 Å². The lowest BCUT2D eigenvalue weighted by atomic mass is 9.90. The Morgan fingerprint density at radius 1 is 1.75 bits per heavy atom. The number of nitrogens with zero attached hydrogens (tertiary/aromatic N) is 1. The van der Waals surface area contributed by atoms with E-state index in [-0.39, 0.29) is 17.9 Å². The van der Waals surface area contributed by atoms with Crippen LogP contribution in [-0.2, 0) is 4.79 Å². The van der Waals surface area contributed by atoms with Crippen LogP contribution in [-0.4, -0.2) is 41.0 Å². The van der Waals surface area contributed by atoms with Crippen molar-refractivity contribution in [1.82, 2.24) is 10.2 Å². The highest BCUT2D eigenvalue weighted by atomic mass is 32.1. The molecular weight excluding hydrogens is 222 g/mol. The van der Waals surface area contributed by atoms with E-state index in [0.29, 0.717) is 11.0 Å². The topological polar surface area (TPSA) is 58.4 Å². The molecular formula is C11H19N3OS. The van der Waals surface area contributed by atoms with Gasteiger partial charge in [-0.1, -0.05) is 19.1 Å². The predicted octanol–water partition coefficient (Wildman–Crippen LogP) is 0.262. The number of likely N-dealkylation sites (tertiary alicyclic amines) is 1. The second kappa shape index (κ2) is 4.67. The molecule has 0 aromatic rings. The summed E-state index contributed by atoms with van der Waals surface area (Å²) in [5.74, 6) is 0.352. The summed E-state index contributed by atoms with van der Waals surface area (Å²) in [5.41, 5.74) is 5.78. The van der Waals surface area contributed by atoms with E-state index < -0.39 is 0 Å². The lowest BCUT2D eigenvalue weighted by Crippen LogP contribution is -2.54. The Labute approximate surface area is 102 Å². The van der Waals surface area contributed by atoms with E-state index >= 15 is 0 Å². The Balaban J connectivity index is 2.15. The van der Waals surface area contributed by atoms with Gasteiger partial charge in [0.2, 0.25) is 5.91 Å². The number of thiocarbonyl (C=S) groups is 1. The lowest BCUT2D eigenvalue weighted by molar-refractivity contribution is -0.124. The molecule has 0 aromatic heterocycles. The summed E-state index contributed by atoms with van der Waals surface area (Å²) in [6, 6.07) is 0.447. The van der Waals surface area contributed by atoms with Gasteiger partial charge in [0.05, 0.1) is 16.9 Å². The maximum absolute atomic E-state index is 11.6. The number of nitrogens with two attached hydrogens (primary N) is 1. The molecule has 4 nitrogen and oxygen atoms in total. The summed E-state index contributed by atoms with van der Waals surface area (Å²) < 4.78 is 0. The SMILES string of the molecule is CCC(C(N)=S)N1CCCC2C(=O)NCC21. The minimum Gasteiger partial charge on any atom is -0.392 e. The summed E-state index contributed by atoms with van der Waals surface area (Å²) in [5, 5.41) is 2.94. The summed E-state index contributed by atoms with van der Waals surface area (Å²) in [7, 11) is 0. The normalized spacial score (nSPS) is 31.9. The number of amides is 1. The molecule has 2 saturated heterocycles. The van der Waals surface area contributed by atoms with Gasteiger partial charge >= 0.3 is 0 Å². The second-order valence-corrected chi connectivity index (χ2v) is 5.10. The number of rotatable bonds is 3. The summed E-state index contributed by atoms with van der Waals surface area (Å²) >= 11 is 5.12. The molecule has 0 aromatic carbocycles. The van der Waals surface area contributed by atoms with Crippen molar-refractivity contribution in [1.29, 1.82) is 0 Å². The standard InChI is InChI=1S/C11H19N3OS/c1-2-8(10(12)16)14-5-3-4-7-9(14)6-13-11(7)15/h7-9H,2-6H2,1H3,(H2,12,16)(H,13,15). The zero-order valence-corrected chi connectivity index (χ0v) is 10.4. The van der Waals surface area contributed by atoms with Crippen LogP contribution in [0.2, 0.25) is 0 Å². The first kappa shape index (κ1) is 11.8. The maximum Gasteiger partial charge on any atom is 0.224 e. The van der Waals surface area contributed by atoms with Gasteiger partial charge in [0.1, 0.15) is 0 Å². The van der Waals surface area contributed by atoms with Gasteiger partial charge in [0.15, 0.2) is 0 Å². The van der Waals surface area contributed by atoms with Crippen LogP contribution in [0, 0.1) is 5.92 Å².